The standard InChI is InChI=1S/C14H26N4O6/c19-12(20)7-11-8-18(10-14(23)24)5-2-15-1-4-17(6-3-16-11)9-13(21)22/h11,15-16H,1-10H2,(H,19,20)(H,21,22)(H,23,24). The van der Waals surface area contributed by atoms with E-state index >= 15 is 0 Å². The van der Waals surface area contributed by atoms with Crippen LogP contribution in [-0.4, -0.2) is 108 Å². The van der Waals surface area contributed by atoms with E-state index in [-0.39, 0.29) is 19.5 Å². The van der Waals surface area contributed by atoms with Crippen LogP contribution in [0.1, 0.15) is 6.42 Å². The van der Waals surface area contributed by atoms with E-state index in [9.17, 15) is 14.4 Å². The van der Waals surface area contributed by atoms with Gasteiger partial charge < -0.3 is 26.0 Å². The average Bonchev–Trinajstić information content (AvgIpc) is 2.42. The van der Waals surface area contributed by atoms with E-state index < -0.39 is 23.9 Å². The highest BCUT2D eigenvalue weighted by molar-refractivity contribution is 5.69. The molecule has 0 aromatic rings. The lowest BCUT2D eigenvalue weighted by atomic mass is 10.2. The molecule has 1 atom stereocenters. The summed E-state index contributed by atoms with van der Waals surface area (Å²) in [6.07, 6.45) is -0.123. The molecule has 0 radical (unpaired) electrons. The predicted molar refractivity (Wildman–Crippen MR) is 85.1 cm³/mol. The normalized spacial score (nSPS) is 22.2. The second-order valence-electron chi connectivity index (χ2n) is 5.80. The Hall–Kier alpha value is -1.75. The fourth-order valence-electron chi connectivity index (χ4n) is 2.64. The number of hydrogen-bond acceptors (Lipinski definition) is 7. The van der Waals surface area contributed by atoms with Gasteiger partial charge in [-0.25, -0.2) is 0 Å². The number of carboxylic acid groups (broad SMARTS) is 3. The van der Waals surface area contributed by atoms with E-state index in [1.807, 2.05) is 0 Å². The molecule has 0 bridgehead atoms. The first-order valence-electron chi connectivity index (χ1n) is 7.91. The van der Waals surface area contributed by atoms with Crippen molar-refractivity contribution in [1.29, 1.82) is 0 Å². The molecule has 0 spiro atoms. The molecule has 1 unspecified atom stereocenters. The SMILES string of the molecule is O=C(O)CC1CN(CC(=O)O)CCNCCN(CC(=O)O)CCN1. The predicted octanol–water partition coefficient (Wildman–Crippen LogP) is -2.20. The first-order chi connectivity index (χ1) is 11.4. The topological polar surface area (TPSA) is 142 Å². The number of nitrogens with zero attached hydrogens (tertiary/aromatic N) is 2. The van der Waals surface area contributed by atoms with Crippen molar-refractivity contribution in [3.8, 4) is 0 Å². The summed E-state index contributed by atoms with van der Waals surface area (Å²) in [5.74, 6) is -2.82. The van der Waals surface area contributed by atoms with Gasteiger partial charge in [0.1, 0.15) is 0 Å². The molecular weight excluding hydrogens is 320 g/mol. The Labute approximate surface area is 140 Å². The molecule has 1 rings (SSSR count). The van der Waals surface area contributed by atoms with Gasteiger partial charge >= 0.3 is 17.9 Å². The van der Waals surface area contributed by atoms with Crippen LogP contribution in [0.25, 0.3) is 0 Å². The van der Waals surface area contributed by atoms with Gasteiger partial charge in [-0.15, -0.1) is 0 Å². The highest BCUT2D eigenvalue weighted by atomic mass is 16.4. The molecular formula is C14H26N4O6. The Bertz CT molecular complexity index is 433. The van der Waals surface area contributed by atoms with Gasteiger partial charge in [-0.05, 0) is 0 Å². The van der Waals surface area contributed by atoms with Crippen LogP contribution >= 0.6 is 0 Å². The first kappa shape index (κ1) is 20.3. The largest absolute Gasteiger partial charge is 0.481 e. The van der Waals surface area contributed by atoms with Crippen molar-refractivity contribution in [1.82, 2.24) is 20.4 Å². The second-order valence-corrected chi connectivity index (χ2v) is 5.80. The fourth-order valence-corrected chi connectivity index (χ4v) is 2.64. The minimum absolute atomic E-state index is 0.0713. The van der Waals surface area contributed by atoms with Gasteiger partial charge in [-0.2, -0.15) is 0 Å². The zero-order chi connectivity index (χ0) is 17.9. The quantitative estimate of drug-likeness (QED) is 0.359. The molecule has 0 amide bonds. The summed E-state index contributed by atoms with van der Waals surface area (Å²) >= 11 is 0. The van der Waals surface area contributed by atoms with Crippen LogP contribution in [-0.2, 0) is 14.4 Å². The molecule has 1 aliphatic rings. The van der Waals surface area contributed by atoms with E-state index in [2.05, 4.69) is 10.6 Å². The minimum atomic E-state index is -0.963. The van der Waals surface area contributed by atoms with Gasteiger partial charge in [-0.1, -0.05) is 0 Å². The Morgan fingerprint density at radius 1 is 0.833 bits per heavy atom. The number of aliphatic carboxylic acids is 3. The van der Waals surface area contributed by atoms with Crippen molar-refractivity contribution >= 4 is 17.9 Å². The van der Waals surface area contributed by atoms with Crippen LogP contribution in [0.4, 0.5) is 0 Å². The van der Waals surface area contributed by atoms with Gasteiger partial charge in [0.05, 0.1) is 19.5 Å². The van der Waals surface area contributed by atoms with Crippen LogP contribution in [0, 0.1) is 0 Å². The van der Waals surface area contributed by atoms with Gasteiger partial charge in [-0.3, -0.25) is 24.2 Å². The molecule has 0 aromatic carbocycles. The van der Waals surface area contributed by atoms with Crippen molar-refractivity contribution in [3.05, 3.63) is 0 Å². The molecule has 10 heteroatoms. The maximum absolute atomic E-state index is 11.0. The summed E-state index contributed by atoms with van der Waals surface area (Å²) in [5.41, 5.74) is 0. The van der Waals surface area contributed by atoms with Crippen LogP contribution in [0.2, 0.25) is 0 Å². The number of carboxylic acids is 3. The monoisotopic (exact) mass is 346 g/mol. The van der Waals surface area contributed by atoms with Crippen molar-refractivity contribution in [2.45, 2.75) is 12.5 Å². The van der Waals surface area contributed by atoms with Gasteiger partial charge in [0.25, 0.3) is 0 Å². The molecule has 1 aliphatic heterocycles. The van der Waals surface area contributed by atoms with E-state index in [0.717, 1.165) is 0 Å². The van der Waals surface area contributed by atoms with Gasteiger partial charge in [0, 0.05) is 51.9 Å². The van der Waals surface area contributed by atoms with Crippen LogP contribution in [0.3, 0.4) is 0 Å². The van der Waals surface area contributed by atoms with Crippen LogP contribution in [0.15, 0.2) is 0 Å². The van der Waals surface area contributed by atoms with Crippen molar-refractivity contribution in [2.24, 2.45) is 0 Å². The Kier molecular flexibility index (Phi) is 9.23. The molecule has 24 heavy (non-hydrogen) atoms. The summed E-state index contributed by atoms with van der Waals surface area (Å²) < 4.78 is 0. The van der Waals surface area contributed by atoms with Crippen molar-refractivity contribution < 1.29 is 29.7 Å². The van der Waals surface area contributed by atoms with E-state index in [1.54, 1.807) is 9.80 Å². The van der Waals surface area contributed by atoms with Gasteiger partial charge in [0.15, 0.2) is 0 Å². The lowest BCUT2D eigenvalue weighted by Gasteiger charge is -2.29. The summed E-state index contributed by atoms with van der Waals surface area (Å²) in [6.45, 7) is 3.18. The molecule has 5 N–H and O–H groups in total. The fraction of sp³-hybridized carbons (Fsp3) is 0.786. The van der Waals surface area contributed by atoms with Crippen LogP contribution < -0.4 is 10.6 Å². The number of rotatable bonds is 6. The maximum atomic E-state index is 11.0. The summed E-state index contributed by atoms with van der Waals surface area (Å²) in [5, 5.41) is 33.2. The lowest BCUT2D eigenvalue weighted by Crippen LogP contribution is -2.49. The molecule has 1 heterocycles. The minimum Gasteiger partial charge on any atom is -0.481 e. The molecule has 0 saturated carbocycles. The van der Waals surface area contributed by atoms with E-state index in [0.29, 0.717) is 45.8 Å². The third kappa shape index (κ3) is 9.40. The molecule has 10 nitrogen and oxygen atoms in total. The molecule has 1 fully saturated rings. The second kappa shape index (κ2) is 10.9. The third-order valence-corrected chi connectivity index (χ3v) is 3.69. The zero-order valence-corrected chi connectivity index (χ0v) is 13.6. The molecule has 138 valence electrons. The summed E-state index contributed by atoms with van der Waals surface area (Å²) in [6, 6.07) is -0.395. The lowest BCUT2D eigenvalue weighted by molar-refractivity contribution is -0.139. The van der Waals surface area contributed by atoms with Crippen molar-refractivity contribution in [3.63, 3.8) is 0 Å². The zero-order valence-electron chi connectivity index (χ0n) is 13.6. The maximum Gasteiger partial charge on any atom is 0.317 e. The highest BCUT2D eigenvalue weighted by Crippen LogP contribution is 2.00. The number of hydrogen-bond donors (Lipinski definition) is 5. The van der Waals surface area contributed by atoms with E-state index in [1.165, 1.54) is 0 Å². The highest BCUT2D eigenvalue weighted by Gasteiger charge is 2.20. The smallest absolute Gasteiger partial charge is 0.317 e. The average molecular weight is 346 g/mol. The summed E-state index contributed by atoms with van der Waals surface area (Å²) in [4.78, 5) is 36.3. The van der Waals surface area contributed by atoms with Crippen LogP contribution in [0.5, 0.6) is 0 Å². The molecule has 0 aromatic heterocycles. The first-order valence-corrected chi connectivity index (χ1v) is 7.91. The summed E-state index contributed by atoms with van der Waals surface area (Å²) in [7, 11) is 0. The third-order valence-electron chi connectivity index (χ3n) is 3.69. The molecule has 0 aliphatic carbocycles. The Morgan fingerprint density at radius 3 is 1.96 bits per heavy atom. The van der Waals surface area contributed by atoms with E-state index in [4.69, 9.17) is 15.3 Å². The number of carbonyl (C=O) groups is 3. The van der Waals surface area contributed by atoms with Crippen molar-refractivity contribution in [2.75, 3.05) is 58.9 Å². The Morgan fingerprint density at radius 2 is 1.38 bits per heavy atom. The van der Waals surface area contributed by atoms with Gasteiger partial charge in [0.2, 0.25) is 0 Å². The number of nitrogens with one attached hydrogen (secondary N) is 2. The molecule has 1 saturated heterocycles. The Balaban J connectivity index is 2.68.